The molecule has 0 aromatic heterocycles. The molecule has 3 N–H and O–H groups in total. The van der Waals surface area contributed by atoms with Crippen molar-refractivity contribution in [2.75, 3.05) is 0 Å². The zero-order valence-electron chi connectivity index (χ0n) is 14.1. The van der Waals surface area contributed by atoms with Crippen molar-refractivity contribution in [2.45, 2.75) is 84.9 Å². The van der Waals surface area contributed by atoms with E-state index in [2.05, 4.69) is 27.7 Å². The highest BCUT2D eigenvalue weighted by molar-refractivity contribution is 7.67. The molecular formula is C14H33BNO2P. The van der Waals surface area contributed by atoms with Gasteiger partial charge >= 0.3 is 0 Å². The van der Waals surface area contributed by atoms with Crippen LogP contribution in [0.25, 0.3) is 0 Å². The maximum Gasteiger partial charge on any atom is 0.183 e. The van der Waals surface area contributed by atoms with Crippen LogP contribution < -0.4 is 5.73 Å². The van der Waals surface area contributed by atoms with E-state index in [1.54, 1.807) is 13.8 Å². The predicted octanol–water partition coefficient (Wildman–Crippen LogP) is 3.07. The highest BCUT2D eigenvalue weighted by Gasteiger charge is 2.36. The van der Waals surface area contributed by atoms with Gasteiger partial charge in [0.25, 0.3) is 0 Å². The Labute approximate surface area is 122 Å². The molecule has 0 aliphatic heterocycles. The first-order valence-electron chi connectivity index (χ1n) is 7.13. The molecule has 0 bridgehead atoms. The Balaban J connectivity index is 4.03. The third-order valence-corrected chi connectivity index (χ3v) is 5.84. The van der Waals surface area contributed by atoms with Crippen molar-refractivity contribution in [3.8, 4) is 0 Å². The van der Waals surface area contributed by atoms with Crippen molar-refractivity contribution in [1.82, 2.24) is 0 Å². The molecule has 0 rings (SSSR count). The molecule has 0 spiro atoms. The van der Waals surface area contributed by atoms with Crippen LogP contribution in [-0.2, 0) is 4.52 Å². The van der Waals surface area contributed by atoms with Gasteiger partial charge in [-0.3, -0.25) is 0 Å². The van der Waals surface area contributed by atoms with Crippen LogP contribution in [0.1, 0.15) is 61.8 Å². The number of rotatable bonds is 8. The Kier molecular flexibility index (Phi) is 6.56. The summed E-state index contributed by atoms with van der Waals surface area (Å²) >= 11 is 0. The number of aliphatic hydroxyl groups is 1. The molecule has 0 aliphatic carbocycles. The smallest absolute Gasteiger partial charge is 0.183 e. The van der Waals surface area contributed by atoms with Crippen LogP contribution in [0.3, 0.4) is 0 Å². The van der Waals surface area contributed by atoms with Crippen LogP contribution >= 0.6 is 8.69 Å². The first-order chi connectivity index (χ1) is 8.21. The Bertz CT molecular complexity index is 252. The maximum atomic E-state index is 10.0. The van der Waals surface area contributed by atoms with Crippen LogP contribution in [0, 0.1) is 5.41 Å². The standard InChI is InChI=1S/C14H33BNO2P/c1-11(2,12(3,4)16)9-10-15-19-18-14(7,8)13(5,6)17/h15,17,19H,9-10,16H2,1-8H3. The van der Waals surface area contributed by atoms with E-state index in [1.807, 2.05) is 13.8 Å². The molecular weight excluding hydrogens is 256 g/mol. The van der Waals surface area contributed by atoms with Gasteiger partial charge in [-0.2, -0.15) is 0 Å². The van der Waals surface area contributed by atoms with E-state index >= 15 is 0 Å². The van der Waals surface area contributed by atoms with Gasteiger partial charge in [0, 0.05) is 5.54 Å². The van der Waals surface area contributed by atoms with E-state index in [-0.39, 0.29) is 11.0 Å². The highest BCUT2D eigenvalue weighted by Crippen LogP contribution is 2.36. The number of nitrogens with two attached hydrogens (primary N) is 1. The van der Waals surface area contributed by atoms with Gasteiger partial charge < -0.3 is 15.4 Å². The predicted molar refractivity (Wildman–Crippen MR) is 88.4 cm³/mol. The van der Waals surface area contributed by atoms with Gasteiger partial charge in [0.2, 0.25) is 0 Å². The summed E-state index contributed by atoms with van der Waals surface area (Å²) in [6.07, 6.45) is 2.20. The average molecular weight is 289 g/mol. The van der Waals surface area contributed by atoms with E-state index in [9.17, 15) is 5.11 Å². The molecule has 0 saturated heterocycles. The summed E-state index contributed by atoms with van der Waals surface area (Å²) in [4.78, 5) is 0. The Morgan fingerprint density at radius 1 is 1.05 bits per heavy atom. The topological polar surface area (TPSA) is 55.5 Å². The van der Waals surface area contributed by atoms with Crippen molar-refractivity contribution in [2.24, 2.45) is 11.1 Å². The van der Waals surface area contributed by atoms with Crippen LogP contribution in [0.4, 0.5) is 0 Å². The molecule has 0 fully saturated rings. The second-order valence-corrected chi connectivity index (χ2v) is 8.77. The third-order valence-electron chi connectivity index (χ3n) is 4.63. The molecule has 5 heteroatoms. The van der Waals surface area contributed by atoms with Gasteiger partial charge in [-0.05, 0) is 55.6 Å². The summed E-state index contributed by atoms with van der Waals surface area (Å²) in [5.41, 5.74) is 4.83. The summed E-state index contributed by atoms with van der Waals surface area (Å²) in [5, 5.41) is 10.0. The van der Waals surface area contributed by atoms with Crippen molar-refractivity contribution >= 4 is 15.7 Å². The summed E-state index contributed by atoms with van der Waals surface area (Å²) in [6.45, 7) is 17.1. The fourth-order valence-electron chi connectivity index (χ4n) is 1.28. The molecule has 0 aromatic carbocycles. The summed E-state index contributed by atoms with van der Waals surface area (Å²) in [6, 6.07) is 0. The number of hydrogen-bond donors (Lipinski definition) is 2. The Morgan fingerprint density at radius 2 is 1.53 bits per heavy atom. The van der Waals surface area contributed by atoms with E-state index in [4.69, 9.17) is 10.3 Å². The van der Waals surface area contributed by atoms with Gasteiger partial charge in [0.1, 0.15) is 0 Å². The molecule has 0 saturated carbocycles. The molecule has 0 radical (unpaired) electrons. The van der Waals surface area contributed by atoms with E-state index in [0.717, 1.165) is 19.7 Å². The molecule has 1 atom stereocenters. The molecule has 19 heavy (non-hydrogen) atoms. The first kappa shape index (κ1) is 19.4. The van der Waals surface area contributed by atoms with E-state index in [0.29, 0.717) is 8.69 Å². The van der Waals surface area contributed by atoms with Crippen LogP contribution in [0.15, 0.2) is 0 Å². The molecule has 3 nitrogen and oxygen atoms in total. The fraction of sp³-hybridized carbons (Fsp3) is 1.00. The lowest BCUT2D eigenvalue weighted by Crippen LogP contribution is -2.47. The third kappa shape index (κ3) is 6.12. The summed E-state index contributed by atoms with van der Waals surface area (Å²) in [7, 11) is 0.426. The maximum absolute atomic E-state index is 10.0. The first-order valence-corrected chi connectivity index (χ1v) is 8.24. The molecule has 0 aliphatic rings. The quantitative estimate of drug-likeness (QED) is 0.410. The van der Waals surface area contributed by atoms with Gasteiger partial charge in [-0.1, -0.05) is 26.6 Å². The second kappa shape index (κ2) is 6.43. The molecule has 114 valence electrons. The number of hydrogen-bond acceptors (Lipinski definition) is 3. The van der Waals surface area contributed by atoms with Crippen molar-refractivity contribution < 1.29 is 9.63 Å². The van der Waals surface area contributed by atoms with Gasteiger partial charge in [-0.15, -0.1) is 0 Å². The fourth-order valence-corrected chi connectivity index (χ4v) is 2.31. The van der Waals surface area contributed by atoms with Gasteiger partial charge in [-0.25, -0.2) is 0 Å². The molecule has 0 amide bonds. The highest BCUT2D eigenvalue weighted by atomic mass is 31.1. The minimum atomic E-state index is -0.821. The average Bonchev–Trinajstić information content (AvgIpc) is 2.12. The van der Waals surface area contributed by atoms with Crippen LogP contribution in [0.2, 0.25) is 6.32 Å². The zero-order chi connectivity index (χ0) is 15.5. The lowest BCUT2D eigenvalue weighted by molar-refractivity contribution is -0.0829. The summed E-state index contributed by atoms with van der Waals surface area (Å²) in [5.74, 6) is 0. The summed E-state index contributed by atoms with van der Waals surface area (Å²) < 4.78 is 5.84. The normalized spacial score (nSPS) is 15.3. The molecule has 0 heterocycles. The lowest BCUT2D eigenvalue weighted by Gasteiger charge is -2.39. The molecule has 1 unspecified atom stereocenters. The Morgan fingerprint density at radius 3 is 1.89 bits per heavy atom. The van der Waals surface area contributed by atoms with Crippen molar-refractivity contribution in [1.29, 1.82) is 0 Å². The van der Waals surface area contributed by atoms with Crippen molar-refractivity contribution in [3.63, 3.8) is 0 Å². The Hall–Kier alpha value is 0.375. The second-order valence-electron chi connectivity index (χ2n) is 7.77. The monoisotopic (exact) mass is 289 g/mol. The van der Waals surface area contributed by atoms with Crippen LogP contribution in [0.5, 0.6) is 0 Å². The zero-order valence-corrected chi connectivity index (χ0v) is 15.1. The van der Waals surface area contributed by atoms with Crippen LogP contribution in [-0.4, -0.2) is 28.8 Å². The van der Waals surface area contributed by atoms with E-state index < -0.39 is 11.2 Å². The minimum absolute atomic E-state index is 0.128. The molecule has 0 aromatic rings. The van der Waals surface area contributed by atoms with Gasteiger partial charge in [0.05, 0.1) is 11.2 Å². The van der Waals surface area contributed by atoms with E-state index in [1.165, 1.54) is 0 Å². The largest absolute Gasteiger partial charge is 0.387 e. The van der Waals surface area contributed by atoms with Crippen molar-refractivity contribution in [3.05, 3.63) is 0 Å². The SMILES string of the molecule is CC(C)(N)C(C)(C)CCBPOC(C)(C)C(C)(C)O. The minimum Gasteiger partial charge on any atom is -0.387 e. The lowest BCUT2D eigenvalue weighted by atomic mass is 9.70. The van der Waals surface area contributed by atoms with Gasteiger partial charge in [0.15, 0.2) is 7.00 Å².